The molecule has 1 heterocycles. The maximum absolute atomic E-state index is 13.1. The Balaban J connectivity index is 1.60. The molecule has 160 valence electrons. The lowest BCUT2D eigenvalue weighted by Gasteiger charge is -2.43. The van der Waals surface area contributed by atoms with Gasteiger partial charge in [-0.2, -0.15) is 4.31 Å². The smallest absolute Gasteiger partial charge is 0.251 e. The van der Waals surface area contributed by atoms with E-state index in [1.54, 1.807) is 19.1 Å². The largest absolute Gasteiger partial charge is 0.392 e. The quantitative estimate of drug-likeness (QED) is 0.784. The Hall–Kier alpha value is -1.44. The molecule has 2 unspecified atom stereocenters. The fraction of sp³-hybridized carbons (Fsp3) is 0.682. The van der Waals surface area contributed by atoms with Gasteiger partial charge in [-0.15, -0.1) is 0 Å². The summed E-state index contributed by atoms with van der Waals surface area (Å²) in [6.45, 7) is 8.87. The van der Waals surface area contributed by atoms with Gasteiger partial charge in [-0.3, -0.25) is 4.79 Å². The first-order valence-electron chi connectivity index (χ1n) is 10.5. The van der Waals surface area contributed by atoms with Crippen LogP contribution < -0.4 is 5.32 Å². The average molecular weight is 421 g/mol. The van der Waals surface area contributed by atoms with Crippen molar-refractivity contribution in [2.75, 3.05) is 13.1 Å². The van der Waals surface area contributed by atoms with Gasteiger partial charge >= 0.3 is 0 Å². The third-order valence-electron chi connectivity index (χ3n) is 7.74. The highest BCUT2D eigenvalue weighted by atomic mass is 32.2. The molecule has 1 amide bonds. The summed E-state index contributed by atoms with van der Waals surface area (Å²) < 4.78 is 27.4. The number of benzene rings is 1. The van der Waals surface area contributed by atoms with E-state index < -0.39 is 16.1 Å². The topological polar surface area (TPSA) is 86.7 Å². The lowest BCUT2D eigenvalue weighted by atomic mass is 9.68. The second kappa shape index (κ2) is 6.79. The van der Waals surface area contributed by atoms with Gasteiger partial charge in [0, 0.05) is 24.7 Å². The van der Waals surface area contributed by atoms with E-state index in [4.69, 9.17) is 0 Å². The molecule has 1 aromatic rings. The van der Waals surface area contributed by atoms with Crippen LogP contribution >= 0.6 is 0 Å². The summed E-state index contributed by atoms with van der Waals surface area (Å²) in [6.07, 6.45) is 3.28. The van der Waals surface area contributed by atoms with Crippen molar-refractivity contribution < 1.29 is 18.3 Å². The van der Waals surface area contributed by atoms with Crippen molar-refractivity contribution in [3.8, 4) is 0 Å². The fourth-order valence-corrected chi connectivity index (χ4v) is 7.71. The highest BCUT2D eigenvalue weighted by Crippen LogP contribution is 2.62. The summed E-state index contributed by atoms with van der Waals surface area (Å²) in [5.74, 6) is 0.406. The fourth-order valence-electron chi connectivity index (χ4n) is 5.96. The van der Waals surface area contributed by atoms with E-state index in [-0.39, 0.29) is 34.2 Å². The number of carbonyl (C=O) groups excluding carboxylic acids is 1. The highest BCUT2D eigenvalue weighted by Gasteiger charge is 2.59. The van der Waals surface area contributed by atoms with Gasteiger partial charge in [0.15, 0.2) is 0 Å². The van der Waals surface area contributed by atoms with Crippen molar-refractivity contribution in [1.29, 1.82) is 0 Å². The van der Waals surface area contributed by atoms with E-state index in [9.17, 15) is 18.3 Å². The van der Waals surface area contributed by atoms with Crippen LogP contribution in [0.5, 0.6) is 0 Å². The number of amides is 1. The van der Waals surface area contributed by atoms with Crippen LogP contribution in [0, 0.1) is 23.7 Å². The second-order valence-electron chi connectivity index (χ2n) is 10.1. The molecule has 4 rings (SSSR count). The molecule has 2 bridgehead atoms. The van der Waals surface area contributed by atoms with E-state index in [0.717, 1.165) is 12.8 Å². The van der Waals surface area contributed by atoms with Crippen LogP contribution in [0.25, 0.3) is 0 Å². The molecule has 4 atom stereocenters. The third kappa shape index (κ3) is 3.31. The molecule has 29 heavy (non-hydrogen) atoms. The number of β-amino-alcohol motifs (C(OH)–C–C–N with tert-alkyl or cyclic N) is 1. The van der Waals surface area contributed by atoms with Crippen molar-refractivity contribution in [3.63, 3.8) is 0 Å². The number of nitrogens with zero attached hydrogens (tertiary/aromatic N) is 1. The van der Waals surface area contributed by atoms with E-state index in [0.29, 0.717) is 30.0 Å². The van der Waals surface area contributed by atoms with E-state index in [1.807, 2.05) is 0 Å². The molecule has 1 saturated heterocycles. The Bertz CT molecular complexity index is 937. The second-order valence-corrected chi connectivity index (χ2v) is 12.0. The molecule has 0 spiro atoms. The SMILES string of the molecule is Cc1ccc(C(=O)NC2C3(C)CC[C@H](C3)C2(C)C)cc1S(=O)(=O)N1CC[C@@H](O)C1. The molecule has 3 aliphatic rings. The van der Waals surface area contributed by atoms with Gasteiger partial charge in [0.05, 0.1) is 11.0 Å². The molecule has 6 nitrogen and oxygen atoms in total. The van der Waals surface area contributed by atoms with Gasteiger partial charge in [-0.1, -0.05) is 26.8 Å². The number of aryl methyl sites for hydroxylation is 1. The highest BCUT2D eigenvalue weighted by molar-refractivity contribution is 7.89. The van der Waals surface area contributed by atoms with Crippen molar-refractivity contribution in [3.05, 3.63) is 29.3 Å². The van der Waals surface area contributed by atoms with Crippen LogP contribution in [0.3, 0.4) is 0 Å². The van der Waals surface area contributed by atoms with Crippen LogP contribution in [0.4, 0.5) is 0 Å². The number of aliphatic hydroxyl groups is 1. The van der Waals surface area contributed by atoms with Gasteiger partial charge in [0.2, 0.25) is 10.0 Å². The maximum Gasteiger partial charge on any atom is 0.251 e. The van der Waals surface area contributed by atoms with Crippen LogP contribution in [0.15, 0.2) is 23.1 Å². The molecular formula is C22H32N2O4S. The van der Waals surface area contributed by atoms with E-state index >= 15 is 0 Å². The van der Waals surface area contributed by atoms with Gasteiger partial charge < -0.3 is 10.4 Å². The number of carbonyl (C=O) groups is 1. The van der Waals surface area contributed by atoms with Crippen molar-refractivity contribution in [1.82, 2.24) is 9.62 Å². The molecule has 1 aliphatic heterocycles. The molecule has 2 saturated carbocycles. The summed E-state index contributed by atoms with van der Waals surface area (Å²) in [7, 11) is -3.74. The molecule has 1 aromatic carbocycles. The standard InChI is InChI=1S/C22H32N2O4S/c1-14-5-6-15(11-18(14)29(27,28)24-10-8-17(25)13-24)19(26)23-20-21(2,3)16-7-9-22(20,4)12-16/h5-6,11,16-17,20,25H,7-10,12-13H2,1-4H3,(H,23,26)/t16-,17-,20?,22?/m1/s1. The Morgan fingerprint density at radius 1 is 1.24 bits per heavy atom. The Morgan fingerprint density at radius 2 is 1.97 bits per heavy atom. The van der Waals surface area contributed by atoms with Gasteiger partial charge in [0.25, 0.3) is 5.91 Å². The molecular weight excluding hydrogens is 388 g/mol. The molecule has 3 fully saturated rings. The van der Waals surface area contributed by atoms with Crippen LogP contribution in [0.1, 0.15) is 62.4 Å². The van der Waals surface area contributed by atoms with Crippen LogP contribution in [0.2, 0.25) is 0 Å². The predicted molar refractivity (Wildman–Crippen MR) is 111 cm³/mol. The molecule has 0 aromatic heterocycles. The van der Waals surface area contributed by atoms with Crippen molar-refractivity contribution in [2.24, 2.45) is 16.7 Å². The monoisotopic (exact) mass is 420 g/mol. The number of sulfonamides is 1. The lowest BCUT2D eigenvalue weighted by molar-refractivity contribution is 0.0737. The molecule has 7 heteroatoms. The summed E-state index contributed by atoms with van der Waals surface area (Å²) in [5.41, 5.74) is 1.12. The number of rotatable bonds is 4. The molecule has 2 N–H and O–H groups in total. The van der Waals surface area contributed by atoms with Gasteiger partial charge in [-0.05, 0) is 67.1 Å². The number of aliphatic hydroxyl groups excluding tert-OH is 1. The summed E-state index contributed by atoms with van der Waals surface area (Å²) in [4.78, 5) is 13.3. The predicted octanol–water partition coefficient (Wildman–Crippen LogP) is 2.69. The summed E-state index contributed by atoms with van der Waals surface area (Å²) >= 11 is 0. The lowest BCUT2D eigenvalue weighted by Crippen LogP contribution is -2.52. The minimum absolute atomic E-state index is 0.0357. The van der Waals surface area contributed by atoms with E-state index in [2.05, 4.69) is 26.1 Å². The van der Waals surface area contributed by atoms with Gasteiger partial charge in [0.1, 0.15) is 0 Å². The summed E-state index contributed by atoms with van der Waals surface area (Å²) in [5, 5.41) is 13.0. The first kappa shape index (κ1) is 20.8. The number of fused-ring (bicyclic) bond motifs is 2. The van der Waals surface area contributed by atoms with Crippen molar-refractivity contribution in [2.45, 2.75) is 70.4 Å². The Morgan fingerprint density at radius 3 is 2.55 bits per heavy atom. The third-order valence-corrected chi connectivity index (χ3v) is 9.75. The zero-order chi connectivity index (χ0) is 21.2. The normalized spacial score (nSPS) is 33.9. The first-order valence-corrected chi connectivity index (χ1v) is 12.0. The number of nitrogens with one attached hydrogen (secondary N) is 1. The average Bonchev–Trinajstić information content (AvgIpc) is 3.30. The maximum atomic E-state index is 13.1. The zero-order valence-electron chi connectivity index (χ0n) is 17.7. The van der Waals surface area contributed by atoms with Crippen molar-refractivity contribution >= 4 is 15.9 Å². The van der Waals surface area contributed by atoms with Crippen LogP contribution in [-0.2, 0) is 10.0 Å². The Kier molecular flexibility index (Phi) is 4.87. The molecule has 0 radical (unpaired) electrons. The minimum atomic E-state index is -3.74. The van der Waals surface area contributed by atoms with E-state index in [1.165, 1.54) is 16.8 Å². The summed E-state index contributed by atoms with van der Waals surface area (Å²) in [6, 6.07) is 4.97. The zero-order valence-corrected chi connectivity index (χ0v) is 18.6. The van der Waals surface area contributed by atoms with Gasteiger partial charge in [-0.25, -0.2) is 8.42 Å². The van der Waals surface area contributed by atoms with Crippen LogP contribution in [-0.4, -0.2) is 49.0 Å². The minimum Gasteiger partial charge on any atom is -0.392 e. The number of hydrogen-bond donors (Lipinski definition) is 2. The first-order chi connectivity index (χ1) is 13.4. The number of hydrogen-bond acceptors (Lipinski definition) is 4. The Labute approximate surface area is 173 Å². The molecule has 2 aliphatic carbocycles.